The third kappa shape index (κ3) is 11.5. The van der Waals surface area contributed by atoms with Gasteiger partial charge in [0.1, 0.15) is 11.6 Å². The lowest BCUT2D eigenvalue weighted by Crippen LogP contribution is -2.30. The normalized spacial score (nSPS) is 14.5. The van der Waals surface area contributed by atoms with Crippen molar-refractivity contribution in [2.75, 3.05) is 9.80 Å². The second kappa shape index (κ2) is 27.4. The van der Waals surface area contributed by atoms with Gasteiger partial charge in [0.25, 0.3) is 0 Å². The standard InChI is InChI=1S/C106H76F2N2S/c1-7-71-27-39-81(40-28-71)105(99-59-67(3)23-25-69(99)5)97-21-11-9-19-91(97)93-55-51-87(63-101(93)105)109(85-47-35-75(36-48-85)79-17-13-15-77(61-79)73-31-43-83(107)44-32-73)89-53-57-95-96-58-54-90(66-104(96)111-103(95)65-89)110(86-49-37-76(38-50-86)80-18-14-16-78(62-80)74-33-45-84(108)46-34-74)88-52-56-94-92-20-10-12-22-98(92)106(102(94)64-88,82-41-29-72(8-2)30-42-82)100-60-68(4)24-26-70(100)6/h7-66H,1-2H2,3-6H3. The molecule has 0 aliphatic heterocycles. The van der Waals surface area contributed by atoms with Crippen molar-refractivity contribution in [3.8, 4) is 66.8 Å². The summed E-state index contributed by atoms with van der Waals surface area (Å²) in [4.78, 5) is 4.88. The van der Waals surface area contributed by atoms with Crippen molar-refractivity contribution in [3.05, 3.63) is 455 Å². The second-order valence-electron chi connectivity index (χ2n) is 29.7. The first-order valence-corrected chi connectivity index (χ1v) is 38.7. The largest absolute Gasteiger partial charge is 0.310 e. The molecule has 0 fully saturated rings. The highest BCUT2D eigenvalue weighted by molar-refractivity contribution is 7.25. The topological polar surface area (TPSA) is 6.48 Å². The van der Waals surface area contributed by atoms with Crippen LogP contribution in [0.25, 0.3) is 99.1 Å². The van der Waals surface area contributed by atoms with Crippen LogP contribution in [0.3, 0.4) is 0 Å². The van der Waals surface area contributed by atoms with Gasteiger partial charge in [-0.3, -0.25) is 0 Å². The van der Waals surface area contributed by atoms with Gasteiger partial charge < -0.3 is 9.80 Å². The van der Waals surface area contributed by atoms with E-state index in [9.17, 15) is 8.78 Å². The molecule has 0 saturated heterocycles. The number of fused-ring (bicyclic) bond motifs is 9. The minimum Gasteiger partial charge on any atom is -0.310 e. The zero-order chi connectivity index (χ0) is 75.2. The molecule has 0 radical (unpaired) electrons. The van der Waals surface area contributed by atoms with Crippen molar-refractivity contribution in [3.63, 3.8) is 0 Å². The molecule has 1 aromatic heterocycles. The molecule has 0 bridgehead atoms. The molecule has 2 aliphatic rings. The molecule has 1 heterocycles. The number of hydrogen-bond donors (Lipinski definition) is 0. The van der Waals surface area contributed by atoms with Gasteiger partial charge in [0.15, 0.2) is 0 Å². The van der Waals surface area contributed by atoms with E-state index in [0.29, 0.717) is 0 Å². The van der Waals surface area contributed by atoms with E-state index in [-0.39, 0.29) is 11.6 Å². The summed E-state index contributed by atoms with van der Waals surface area (Å²) >= 11 is 1.82. The molecule has 2 atom stereocenters. The number of thiophene rings is 1. The molecule has 0 amide bonds. The third-order valence-electron chi connectivity index (χ3n) is 23.3. The first-order chi connectivity index (χ1) is 54.3. The predicted octanol–water partition coefficient (Wildman–Crippen LogP) is 29.2. The fraction of sp³-hybridized carbons (Fsp3) is 0.0566. The molecule has 0 saturated carbocycles. The Kier molecular flexibility index (Phi) is 16.9. The lowest BCUT2D eigenvalue weighted by Gasteiger charge is -2.36. The molecule has 530 valence electrons. The van der Waals surface area contributed by atoms with E-state index in [4.69, 9.17) is 0 Å². The number of nitrogens with zero attached hydrogens (tertiary/aromatic N) is 2. The summed E-state index contributed by atoms with van der Waals surface area (Å²) in [6.45, 7) is 17.3. The Bertz CT molecular complexity index is 6150. The maximum absolute atomic E-state index is 14.2. The molecule has 19 rings (SSSR count). The highest BCUT2D eigenvalue weighted by Gasteiger charge is 2.49. The average Bonchev–Trinajstić information content (AvgIpc) is 1.54. The summed E-state index contributed by atoms with van der Waals surface area (Å²) in [6.07, 6.45) is 3.85. The quantitative estimate of drug-likeness (QED) is 0.0951. The first kappa shape index (κ1) is 68.2. The van der Waals surface area contributed by atoms with E-state index in [1.54, 1.807) is 0 Å². The van der Waals surface area contributed by atoms with Gasteiger partial charge in [-0.25, -0.2) is 8.78 Å². The molecule has 5 heteroatoms. The van der Waals surface area contributed by atoms with Crippen LogP contribution in [0.5, 0.6) is 0 Å². The van der Waals surface area contributed by atoms with E-state index in [1.807, 2.05) is 47.8 Å². The number of anilines is 6. The van der Waals surface area contributed by atoms with Crippen molar-refractivity contribution in [1.29, 1.82) is 0 Å². The summed E-state index contributed by atoms with van der Waals surface area (Å²) < 4.78 is 30.7. The fourth-order valence-corrected chi connectivity index (χ4v) is 19.1. The molecule has 2 nitrogen and oxygen atoms in total. The van der Waals surface area contributed by atoms with Gasteiger partial charge in [0, 0.05) is 54.3 Å². The monoisotopic (exact) mass is 1450 g/mol. The van der Waals surface area contributed by atoms with Crippen LogP contribution < -0.4 is 9.80 Å². The Balaban J connectivity index is 0.783. The van der Waals surface area contributed by atoms with E-state index < -0.39 is 10.8 Å². The maximum Gasteiger partial charge on any atom is 0.123 e. The molecule has 2 aliphatic carbocycles. The van der Waals surface area contributed by atoms with Crippen LogP contribution >= 0.6 is 11.3 Å². The highest BCUT2D eigenvalue weighted by atomic mass is 32.1. The highest BCUT2D eigenvalue weighted by Crippen LogP contribution is 2.61. The summed E-state index contributed by atoms with van der Waals surface area (Å²) in [6, 6.07) is 127. The molecular weight excluding hydrogens is 1370 g/mol. The van der Waals surface area contributed by atoms with Crippen LogP contribution in [0.4, 0.5) is 42.9 Å². The molecular formula is C106H76F2N2S. The summed E-state index contributed by atoms with van der Waals surface area (Å²) in [7, 11) is 0. The zero-order valence-corrected chi connectivity index (χ0v) is 62.9. The molecule has 2 unspecified atom stereocenters. The predicted molar refractivity (Wildman–Crippen MR) is 464 cm³/mol. The lowest BCUT2D eigenvalue weighted by molar-refractivity contribution is 0.627. The van der Waals surface area contributed by atoms with Crippen LogP contribution in [0.15, 0.2) is 365 Å². The maximum atomic E-state index is 14.2. The van der Waals surface area contributed by atoms with Crippen molar-refractivity contribution >= 4 is 77.8 Å². The lowest BCUT2D eigenvalue weighted by atomic mass is 9.66. The zero-order valence-electron chi connectivity index (χ0n) is 62.1. The Hall–Kier alpha value is -13.3. The number of benzene rings is 16. The second-order valence-corrected chi connectivity index (χ2v) is 30.8. The number of aryl methyl sites for hydroxylation is 4. The molecule has 0 spiro atoms. The summed E-state index contributed by atoms with van der Waals surface area (Å²) in [5, 5.41) is 2.36. The first-order valence-electron chi connectivity index (χ1n) is 37.9. The van der Waals surface area contributed by atoms with Gasteiger partial charge in [-0.2, -0.15) is 0 Å². The van der Waals surface area contributed by atoms with Crippen molar-refractivity contribution < 1.29 is 8.78 Å². The number of halogens is 2. The van der Waals surface area contributed by atoms with E-state index in [2.05, 4.69) is 354 Å². The van der Waals surface area contributed by atoms with Crippen LogP contribution in [0.1, 0.15) is 77.9 Å². The Morgan fingerprint density at radius 2 is 0.604 bits per heavy atom. The van der Waals surface area contributed by atoms with Crippen LogP contribution in [0.2, 0.25) is 0 Å². The van der Waals surface area contributed by atoms with Crippen LogP contribution in [0, 0.1) is 39.3 Å². The van der Waals surface area contributed by atoms with Gasteiger partial charge in [-0.15, -0.1) is 11.3 Å². The molecule has 0 N–H and O–H groups in total. The summed E-state index contributed by atoms with van der Waals surface area (Å²) in [5.74, 6) is -0.510. The van der Waals surface area contributed by atoms with Crippen LogP contribution in [-0.2, 0) is 10.8 Å². The van der Waals surface area contributed by atoms with Gasteiger partial charge in [-0.1, -0.05) is 279 Å². The Morgan fingerprint density at radius 3 is 0.982 bits per heavy atom. The van der Waals surface area contributed by atoms with Gasteiger partial charge in [0.2, 0.25) is 0 Å². The molecule has 111 heavy (non-hydrogen) atoms. The Morgan fingerprint density at radius 1 is 0.270 bits per heavy atom. The average molecular weight is 1450 g/mol. The minimum absolute atomic E-state index is 0.255. The third-order valence-corrected chi connectivity index (χ3v) is 24.4. The van der Waals surface area contributed by atoms with Gasteiger partial charge in [-0.05, 0) is 270 Å². The van der Waals surface area contributed by atoms with Crippen molar-refractivity contribution in [1.82, 2.24) is 0 Å². The minimum atomic E-state index is -0.671. The smallest absolute Gasteiger partial charge is 0.123 e. The van der Waals surface area contributed by atoms with Crippen molar-refractivity contribution in [2.45, 2.75) is 38.5 Å². The SMILES string of the molecule is C=Cc1ccc(C2(c3cc(C)ccc3C)c3ccccc3-c3ccc(N(c4ccc(-c5cccc(-c6ccc(F)cc6)c5)cc4)c4ccc5c(c4)sc4cc(N(c6ccc(-c7cccc(-c8ccc(F)cc8)c7)cc6)c6ccc7c(c6)C(c6ccc(C=C)cc6)(c6cc(C)ccc6C)c6ccccc6-7)ccc45)cc32)cc1. The van der Waals surface area contributed by atoms with Gasteiger partial charge in [0.05, 0.1) is 10.8 Å². The van der Waals surface area contributed by atoms with E-state index >= 15 is 0 Å². The van der Waals surface area contributed by atoms with E-state index in [1.165, 1.54) is 124 Å². The number of rotatable bonds is 16. The molecule has 16 aromatic carbocycles. The summed E-state index contributed by atoms with van der Waals surface area (Å²) in [5.41, 5.74) is 34.7. The Labute approximate surface area is 651 Å². The number of hydrogen-bond acceptors (Lipinski definition) is 3. The van der Waals surface area contributed by atoms with Gasteiger partial charge >= 0.3 is 0 Å². The van der Waals surface area contributed by atoms with E-state index in [0.717, 1.165) is 99.2 Å². The van der Waals surface area contributed by atoms with Crippen molar-refractivity contribution in [2.24, 2.45) is 0 Å². The van der Waals surface area contributed by atoms with Crippen LogP contribution in [-0.4, -0.2) is 0 Å². The molecule has 17 aromatic rings. The fourth-order valence-electron chi connectivity index (χ4n) is 17.9.